The van der Waals surface area contributed by atoms with Crippen molar-refractivity contribution in [1.29, 1.82) is 0 Å². The van der Waals surface area contributed by atoms with Crippen LogP contribution in [0.1, 0.15) is 23.4 Å². The number of aromatic nitrogens is 2. The Morgan fingerprint density at radius 1 is 1.00 bits per heavy atom. The van der Waals surface area contributed by atoms with Crippen LogP contribution in [0.5, 0.6) is 11.5 Å². The van der Waals surface area contributed by atoms with Gasteiger partial charge in [0, 0.05) is 11.6 Å². The number of hydrogen-bond donors (Lipinski definition) is 1. The molecule has 0 aliphatic carbocycles. The molecule has 0 atom stereocenters. The maximum atomic E-state index is 12.3. The van der Waals surface area contributed by atoms with Gasteiger partial charge in [-0.1, -0.05) is 35.9 Å². The van der Waals surface area contributed by atoms with Crippen LogP contribution in [0.4, 0.5) is 0 Å². The van der Waals surface area contributed by atoms with Crippen LogP contribution in [0, 0.1) is 13.8 Å². The summed E-state index contributed by atoms with van der Waals surface area (Å²) in [6.45, 7) is 5.72. The Labute approximate surface area is 204 Å². The highest BCUT2D eigenvalue weighted by atomic mass is 35.5. The Hall–Kier alpha value is -3.51. The fraction of sp³-hybridized carbons (Fsp3) is 0.259. The van der Waals surface area contributed by atoms with E-state index in [-0.39, 0.29) is 12.5 Å². The Bertz CT molecular complexity index is 1270. The van der Waals surface area contributed by atoms with E-state index in [0.717, 1.165) is 35.6 Å². The molecule has 1 aromatic heterocycles. The number of hydrogen-bond acceptors (Lipinski definition) is 4. The fourth-order valence-electron chi connectivity index (χ4n) is 3.70. The number of carbonyl (C=O) groups excluding carboxylic acids is 1. The Morgan fingerprint density at radius 3 is 2.62 bits per heavy atom. The van der Waals surface area contributed by atoms with Crippen molar-refractivity contribution in [1.82, 2.24) is 14.9 Å². The van der Waals surface area contributed by atoms with Crippen LogP contribution in [0.2, 0.25) is 5.02 Å². The molecule has 4 aromatic rings. The molecule has 6 nitrogen and oxygen atoms in total. The van der Waals surface area contributed by atoms with Gasteiger partial charge < -0.3 is 19.4 Å². The molecule has 176 valence electrons. The standard InChI is InChI=1S/C27H28ClN3O3/c1-19-7-5-10-25(20(19)2)33-16-6-15-31-24-9-4-3-8-23(24)30-26(31)17-29-27(32)18-34-22-13-11-21(28)12-14-22/h3-5,7-14H,6,15-18H2,1-2H3,(H,29,32). The summed E-state index contributed by atoms with van der Waals surface area (Å²) in [5.74, 6) is 2.10. The first-order chi connectivity index (χ1) is 16.5. The summed E-state index contributed by atoms with van der Waals surface area (Å²) in [4.78, 5) is 17.1. The van der Waals surface area contributed by atoms with Crippen LogP contribution in [0.15, 0.2) is 66.7 Å². The topological polar surface area (TPSA) is 65.4 Å². The van der Waals surface area contributed by atoms with E-state index >= 15 is 0 Å². The van der Waals surface area contributed by atoms with Crippen LogP contribution >= 0.6 is 11.6 Å². The normalized spacial score (nSPS) is 10.9. The van der Waals surface area contributed by atoms with E-state index < -0.39 is 0 Å². The van der Waals surface area contributed by atoms with Gasteiger partial charge >= 0.3 is 0 Å². The van der Waals surface area contributed by atoms with Crippen molar-refractivity contribution in [2.45, 2.75) is 33.4 Å². The molecule has 0 aliphatic heterocycles. The SMILES string of the molecule is Cc1cccc(OCCCn2c(CNC(=O)COc3ccc(Cl)cc3)nc3ccccc32)c1C. The molecule has 1 heterocycles. The largest absolute Gasteiger partial charge is 0.493 e. The van der Waals surface area contributed by atoms with Gasteiger partial charge in [-0.15, -0.1) is 0 Å². The summed E-state index contributed by atoms with van der Waals surface area (Å²) in [7, 11) is 0. The predicted molar refractivity (Wildman–Crippen MR) is 135 cm³/mol. The average Bonchev–Trinajstić information content (AvgIpc) is 3.20. The fourth-order valence-corrected chi connectivity index (χ4v) is 3.83. The molecular formula is C27H28ClN3O3. The molecule has 4 rings (SSSR count). The van der Waals surface area contributed by atoms with E-state index in [1.807, 2.05) is 36.4 Å². The summed E-state index contributed by atoms with van der Waals surface area (Å²) in [6.07, 6.45) is 0.814. The van der Waals surface area contributed by atoms with Gasteiger partial charge in [-0.05, 0) is 73.9 Å². The highest BCUT2D eigenvalue weighted by Crippen LogP contribution is 2.21. The molecule has 3 aromatic carbocycles. The van der Waals surface area contributed by atoms with Gasteiger partial charge in [-0.3, -0.25) is 4.79 Å². The molecule has 1 N–H and O–H groups in total. The van der Waals surface area contributed by atoms with Gasteiger partial charge in [-0.25, -0.2) is 4.98 Å². The van der Waals surface area contributed by atoms with Crippen molar-refractivity contribution in [3.8, 4) is 11.5 Å². The molecule has 0 aliphatic rings. The van der Waals surface area contributed by atoms with Crippen molar-refractivity contribution in [2.75, 3.05) is 13.2 Å². The highest BCUT2D eigenvalue weighted by molar-refractivity contribution is 6.30. The molecule has 0 saturated carbocycles. The van der Waals surface area contributed by atoms with Crippen LogP contribution in [-0.4, -0.2) is 28.7 Å². The van der Waals surface area contributed by atoms with E-state index in [4.69, 9.17) is 26.1 Å². The molecule has 0 unspecified atom stereocenters. The summed E-state index contributed by atoms with van der Waals surface area (Å²) in [5, 5.41) is 3.53. The Kier molecular flexibility index (Phi) is 7.70. The number of benzene rings is 3. The maximum Gasteiger partial charge on any atom is 0.258 e. The molecule has 0 fully saturated rings. The van der Waals surface area contributed by atoms with Gasteiger partial charge in [0.2, 0.25) is 0 Å². The van der Waals surface area contributed by atoms with Crippen LogP contribution in [0.3, 0.4) is 0 Å². The second-order valence-electron chi connectivity index (χ2n) is 8.09. The molecule has 0 saturated heterocycles. The van der Waals surface area contributed by atoms with E-state index in [1.165, 1.54) is 11.1 Å². The number of nitrogens with one attached hydrogen (secondary N) is 1. The lowest BCUT2D eigenvalue weighted by atomic mass is 10.1. The molecule has 7 heteroatoms. The van der Waals surface area contributed by atoms with Crippen LogP contribution in [0.25, 0.3) is 11.0 Å². The number of amides is 1. The summed E-state index contributed by atoms with van der Waals surface area (Å²) < 4.78 is 13.7. The summed E-state index contributed by atoms with van der Waals surface area (Å²) in [6, 6.07) is 21.0. The van der Waals surface area contributed by atoms with Gasteiger partial charge in [0.25, 0.3) is 5.91 Å². The smallest absolute Gasteiger partial charge is 0.258 e. The number of imidazole rings is 1. The third-order valence-corrected chi connectivity index (χ3v) is 5.95. The minimum Gasteiger partial charge on any atom is -0.493 e. The summed E-state index contributed by atoms with van der Waals surface area (Å²) >= 11 is 5.88. The number of rotatable bonds is 10. The van der Waals surface area contributed by atoms with Crippen LogP contribution < -0.4 is 14.8 Å². The van der Waals surface area contributed by atoms with Crippen molar-refractivity contribution in [2.24, 2.45) is 0 Å². The number of carbonyl (C=O) groups is 1. The number of aryl methyl sites for hydroxylation is 2. The minimum absolute atomic E-state index is 0.0778. The quantitative estimate of drug-likeness (QED) is 0.307. The lowest BCUT2D eigenvalue weighted by molar-refractivity contribution is -0.123. The number of ether oxygens (including phenoxy) is 2. The Balaban J connectivity index is 1.35. The Morgan fingerprint density at radius 2 is 1.79 bits per heavy atom. The number of nitrogens with zero attached hydrogens (tertiary/aromatic N) is 2. The predicted octanol–water partition coefficient (Wildman–Crippen LogP) is 5.47. The first kappa shape index (κ1) is 23.6. The zero-order valence-electron chi connectivity index (χ0n) is 19.4. The number of para-hydroxylation sites is 2. The van der Waals surface area contributed by atoms with E-state index in [1.54, 1.807) is 24.3 Å². The first-order valence-electron chi connectivity index (χ1n) is 11.3. The molecule has 34 heavy (non-hydrogen) atoms. The zero-order chi connectivity index (χ0) is 23.9. The highest BCUT2D eigenvalue weighted by Gasteiger charge is 2.12. The van der Waals surface area contributed by atoms with Gasteiger partial charge in [0.1, 0.15) is 17.3 Å². The van der Waals surface area contributed by atoms with Gasteiger partial charge in [0.05, 0.1) is 24.2 Å². The second-order valence-corrected chi connectivity index (χ2v) is 8.52. The molecule has 0 spiro atoms. The van der Waals surface area contributed by atoms with Crippen LogP contribution in [-0.2, 0) is 17.9 Å². The third-order valence-electron chi connectivity index (χ3n) is 5.70. The lowest BCUT2D eigenvalue weighted by Gasteiger charge is -2.13. The first-order valence-corrected chi connectivity index (χ1v) is 11.7. The second kappa shape index (κ2) is 11.1. The molecule has 1 amide bonds. The van der Waals surface area contributed by atoms with Crippen molar-refractivity contribution in [3.63, 3.8) is 0 Å². The third kappa shape index (κ3) is 5.88. The molecule has 0 bridgehead atoms. The lowest BCUT2D eigenvalue weighted by Crippen LogP contribution is -2.29. The van der Waals surface area contributed by atoms with Crippen molar-refractivity contribution in [3.05, 3.63) is 88.7 Å². The van der Waals surface area contributed by atoms with E-state index in [2.05, 4.69) is 29.8 Å². The van der Waals surface area contributed by atoms with Gasteiger partial charge in [0.15, 0.2) is 6.61 Å². The van der Waals surface area contributed by atoms with E-state index in [9.17, 15) is 4.79 Å². The summed E-state index contributed by atoms with van der Waals surface area (Å²) in [5.41, 5.74) is 4.33. The number of fused-ring (bicyclic) bond motifs is 1. The van der Waals surface area contributed by atoms with Crippen molar-refractivity contribution >= 4 is 28.5 Å². The minimum atomic E-state index is -0.216. The monoisotopic (exact) mass is 477 g/mol. The zero-order valence-corrected chi connectivity index (χ0v) is 20.1. The number of halogens is 1. The van der Waals surface area contributed by atoms with Gasteiger partial charge in [-0.2, -0.15) is 0 Å². The molecule has 0 radical (unpaired) electrons. The maximum absolute atomic E-state index is 12.3. The van der Waals surface area contributed by atoms with E-state index in [0.29, 0.717) is 23.9 Å². The average molecular weight is 478 g/mol. The van der Waals surface area contributed by atoms with Crippen molar-refractivity contribution < 1.29 is 14.3 Å². The molecular weight excluding hydrogens is 450 g/mol.